The van der Waals surface area contributed by atoms with Crippen molar-refractivity contribution in [1.82, 2.24) is 19.5 Å². The molecule has 3 heterocycles. The number of carbonyl (C=O) groups excluding carboxylic acids is 1. The molecule has 3 aromatic heterocycles. The second-order valence-corrected chi connectivity index (χ2v) is 8.64. The van der Waals surface area contributed by atoms with E-state index in [0.717, 1.165) is 15.8 Å². The van der Waals surface area contributed by atoms with Crippen LogP contribution in [-0.4, -0.2) is 39.8 Å². The van der Waals surface area contributed by atoms with Crippen LogP contribution in [0.4, 0.5) is 0 Å². The van der Waals surface area contributed by atoms with Gasteiger partial charge in [0.25, 0.3) is 5.56 Å². The van der Waals surface area contributed by atoms with Crippen LogP contribution in [0.3, 0.4) is 0 Å². The standard InChI is InChI=1S/C24H28N4O4S/c1-5-31-20-8-7-17(13-21(20)32-6-2)9-11-25-23(29)15(3)28-24(30)19-14-22-18(10-12-33-22)27(19)16(4)26-28/h7-8,10,12-15H,5-6,9,11H2,1-4H3,(H,25,29). The number of nitrogens with zero attached hydrogens (tertiary/aromatic N) is 3. The number of aryl methyl sites for hydroxylation is 1. The Labute approximate surface area is 195 Å². The van der Waals surface area contributed by atoms with Gasteiger partial charge >= 0.3 is 0 Å². The minimum absolute atomic E-state index is 0.252. The van der Waals surface area contributed by atoms with E-state index in [9.17, 15) is 9.59 Å². The summed E-state index contributed by atoms with van der Waals surface area (Å²) in [6.07, 6.45) is 0.625. The maximum absolute atomic E-state index is 13.1. The third kappa shape index (κ3) is 4.45. The van der Waals surface area contributed by atoms with Crippen LogP contribution in [0.2, 0.25) is 0 Å². The number of aromatic nitrogens is 3. The minimum atomic E-state index is -0.728. The molecule has 9 heteroatoms. The van der Waals surface area contributed by atoms with E-state index < -0.39 is 6.04 Å². The molecule has 1 N–H and O–H groups in total. The number of hydrogen-bond acceptors (Lipinski definition) is 6. The zero-order valence-electron chi connectivity index (χ0n) is 19.3. The van der Waals surface area contributed by atoms with Crippen molar-refractivity contribution in [3.8, 4) is 11.5 Å². The molecule has 4 rings (SSSR count). The normalized spacial score (nSPS) is 12.2. The van der Waals surface area contributed by atoms with Gasteiger partial charge in [0.1, 0.15) is 17.4 Å². The van der Waals surface area contributed by atoms with Gasteiger partial charge in [-0.05, 0) is 69.3 Å². The summed E-state index contributed by atoms with van der Waals surface area (Å²) >= 11 is 1.57. The van der Waals surface area contributed by atoms with Crippen molar-refractivity contribution in [3.05, 3.63) is 57.5 Å². The number of thiophene rings is 1. The molecule has 0 saturated carbocycles. The highest BCUT2D eigenvalue weighted by Crippen LogP contribution is 2.28. The van der Waals surface area contributed by atoms with E-state index >= 15 is 0 Å². The SMILES string of the molecule is CCOc1ccc(CCNC(=O)C(C)n2nc(C)n3c(cc4sccc43)c2=O)cc1OCC. The Bertz CT molecular complexity index is 1350. The molecular formula is C24H28N4O4S. The van der Waals surface area contributed by atoms with E-state index in [2.05, 4.69) is 10.4 Å². The fourth-order valence-electron chi connectivity index (χ4n) is 3.90. The third-order valence-corrected chi connectivity index (χ3v) is 6.35. The quantitative estimate of drug-likeness (QED) is 0.404. The molecule has 1 unspecified atom stereocenters. The summed E-state index contributed by atoms with van der Waals surface area (Å²) in [5.74, 6) is 1.82. The van der Waals surface area contributed by atoms with Crippen LogP contribution in [0, 0.1) is 6.92 Å². The molecule has 33 heavy (non-hydrogen) atoms. The summed E-state index contributed by atoms with van der Waals surface area (Å²) in [5.41, 5.74) is 2.24. The maximum atomic E-state index is 13.1. The smallest absolute Gasteiger partial charge is 0.291 e. The van der Waals surface area contributed by atoms with Crippen molar-refractivity contribution in [2.45, 2.75) is 40.2 Å². The van der Waals surface area contributed by atoms with Crippen molar-refractivity contribution in [2.24, 2.45) is 0 Å². The van der Waals surface area contributed by atoms with Gasteiger partial charge in [-0.15, -0.1) is 11.3 Å². The van der Waals surface area contributed by atoms with Gasteiger partial charge in [-0.25, -0.2) is 4.68 Å². The number of rotatable bonds is 9. The van der Waals surface area contributed by atoms with Crippen molar-refractivity contribution in [3.63, 3.8) is 0 Å². The zero-order valence-corrected chi connectivity index (χ0v) is 20.1. The predicted octanol–water partition coefficient (Wildman–Crippen LogP) is 3.74. The van der Waals surface area contributed by atoms with Gasteiger partial charge < -0.3 is 14.8 Å². The lowest BCUT2D eigenvalue weighted by atomic mass is 10.1. The summed E-state index contributed by atoms with van der Waals surface area (Å²) in [5, 5.41) is 9.34. The number of carbonyl (C=O) groups is 1. The highest BCUT2D eigenvalue weighted by atomic mass is 32.1. The molecule has 0 aliphatic heterocycles. The Kier molecular flexibility index (Phi) is 6.69. The number of amides is 1. The first kappa shape index (κ1) is 22.8. The third-order valence-electron chi connectivity index (χ3n) is 5.49. The molecule has 0 fully saturated rings. The van der Waals surface area contributed by atoms with Crippen molar-refractivity contribution >= 4 is 33.0 Å². The van der Waals surface area contributed by atoms with E-state index in [1.807, 2.05) is 60.9 Å². The first-order valence-corrected chi connectivity index (χ1v) is 12.0. The van der Waals surface area contributed by atoms with Crippen LogP contribution in [0.1, 0.15) is 38.2 Å². The van der Waals surface area contributed by atoms with Crippen LogP contribution in [0.15, 0.2) is 40.5 Å². The number of ether oxygens (including phenoxy) is 2. The lowest BCUT2D eigenvalue weighted by Crippen LogP contribution is -2.38. The van der Waals surface area contributed by atoms with Crippen LogP contribution in [-0.2, 0) is 11.2 Å². The van der Waals surface area contributed by atoms with Gasteiger partial charge in [-0.2, -0.15) is 5.10 Å². The van der Waals surface area contributed by atoms with E-state index in [1.165, 1.54) is 4.68 Å². The highest BCUT2D eigenvalue weighted by molar-refractivity contribution is 7.17. The van der Waals surface area contributed by atoms with Crippen LogP contribution in [0.5, 0.6) is 11.5 Å². The second kappa shape index (κ2) is 9.66. The van der Waals surface area contributed by atoms with Crippen LogP contribution in [0.25, 0.3) is 15.7 Å². The Hall–Kier alpha value is -3.33. The molecule has 0 bridgehead atoms. The van der Waals surface area contributed by atoms with Crippen molar-refractivity contribution in [1.29, 1.82) is 0 Å². The van der Waals surface area contributed by atoms with E-state index in [0.29, 0.717) is 49.0 Å². The number of fused-ring (bicyclic) bond motifs is 3. The van der Waals surface area contributed by atoms with E-state index in [4.69, 9.17) is 9.47 Å². The summed E-state index contributed by atoms with van der Waals surface area (Å²) in [4.78, 5) is 25.9. The van der Waals surface area contributed by atoms with E-state index in [-0.39, 0.29) is 11.5 Å². The molecular weight excluding hydrogens is 440 g/mol. The molecule has 8 nitrogen and oxygen atoms in total. The van der Waals surface area contributed by atoms with Crippen LogP contribution < -0.4 is 20.3 Å². The Balaban J connectivity index is 1.46. The molecule has 174 valence electrons. The number of benzene rings is 1. The topological polar surface area (TPSA) is 86.9 Å². The van der Waals surface area contributed by atoms with Crippen molar-refractivity contribution < 1.29 is 14.3 Å². The van der Waals surface area contributed by atoms with Gasteiger partial charge in [0, 0.05) is 6.54 Å². The minimum Gasteiger partial charge on any atom is -0.490 e. The zero-order chi connectivity index (χ0) is 23.5. The average molecular weight is 469 g/mol. The molecule has 1 amide bonds. The van der Waals surface area contributed by atoms with Gasteiger partial charge in [-0.3, -0.25) is 14.0 Å². The lowest BCUT2D eigenvalue weighted by molar-refractivity contribution is -0.124. The fourth-order valence-corrected chi connectivity index (χ4v) is 4.70. The monoisotopic (exact) mass is 468 g/mol. The molecule has 0 spiro atoms. The van der Waals surface area contributed by atoms with Gasteiger partial charge in [-0.1, -0.05) is 6.07 Å². The summed E-state index contributed by atoms with van der Waals surface area (Å²) < 4.78 is 15.4. The Morgan fingerprint density at radius 3 is 2.64 bits per heavy atom. The van der Waals surface area contributed by atoms with Gasteiger partial charge in [0.05, 0.1) is 23.4 Å². The van der Waals surface area contributed by atoms with E-state index in [1.54, 1.807) is 18.3 Å². The molecule has 0 saturated heterocycles. The lowest BCUT2D eigenvalue weighted by Gasteiger charge is -2.16. The van der Waals surface area contributed by atoms with Crippen LogP contribution >= 0.6 is 11.3 Å². The van der Waals surface area contributed by atoms with Gasteiger partial charge in [0.15, 0.2) is 11.5 Å². The number of nitrogens with one attached hydrogen (secondary N) is 1. The average Bonchev–Trinajstić information content (AvgIpc) is 3.39. The fraction of sp³-hybridized carbons (Fsp3) is 0.375. The van der Waals surface area contributed by atoms with Gasteiger partial charge in [0.2, 0.25) is 5.91 Å². The summed E-state index contributed by atoms with van der Waals surface area (Å²) in [7, 11) is 0. The molecule has 1 aromatic carbocycles. The number of hydrogen-bond donors (Lipinski definition) is 1. The molecule has 0 aliphatic rings. The molecule has 0 radical (unpaired) electrons. The Morgan fingerprint density at radius 1 is 1.12 bits per heavy atom. The maximum Gasteiger partial charge on any atom is 0.291 e. The molecule has 0 aliphatic carbocycles. The van der Waals surface area contributed by atoms with Crippen molar-refractivity contribution in [2.75, 3.05) is 19.8 Å². The second-order valence-electron chi connectivity index (χ2n) is 7.70. The molecule has 4 aromatic rings. The predicted molar refractivity (Wildman–Crippen MR) is 130 cm³/mol. The Morgan fingerprint density at radius 2 is 1.88 bits per heavy atom. The highest BCUT2D eigenvalue weighted by Gasteiger charge is 2.21. The molecule has 1 atom stereocenters. The first-order chi connectivity index (χ1) is 15.9. The summed E-state index contributed by atoms with van der Waals surface area (Å²) in [6, 6.07) is 8.89. The largest absolute Gasteiger partial charge is 0.490 e. The first-order valence-electron chi connectivity index (χ1n) is 11.1. The summed E-state index contributed by atoms with van der Waals surface area (Å²) in [6.45, 7) is 8.92.